The fraction of sp³-hybridized carbons (Fsp3) is 0.409. The first kappa shape index (κ1) is 21.2. The Balaban J connectivity index is 1.78. The molecule has 9 heteroatoms. The first-order chi connectivity index (χ1) is 14.7. The second-order valence-electron chi connectivity index (χ2n) is 8.54. The number of aliphatic hydroxyl groups is 3. The van der Waals surface area contributed by atoms with E-state index in [0.29, 0.717) is 11.2 Å². The average molecular weight is 423 g/mol. The molecule has 0 aliphatic carbocycles. The van der Waals surface area contributed by atoms with Gasteiger partial charge in [-0.05, 0) is 29.0 Å². The van der Waals surface area contributed by atoms with Gasteiger partial charge in [-0.3, -0.25) is 4.57 Å². The largest absolute Gasteiger partial charge is 0.394 e. The number of aromatic nitrogens is 4. The number of nitrogens with zero attached hydrogens (tertiary/aromatic N) is 4. The normalized spacial score (nSPS) is 23.7. The zero-order chi connectivity index (χ0) is 22.3. The molecule has 9 nitrogen and oxygen atoms in total. The predicted octanol–water partition coefficient (Wildman–Crippen LogP) is 0.717. The van der Waals surface area contributed by atoms with Crippen molar-refractivity contribution in [3.05, 3.63) is 47.5 Å². The van der Waals surface area contributed by atoms with Crippen LogP contribution in [0, 0.1) is 11.8 Å². The summed E-state index contributed by atoms with van der Waals surface area (Å²) >= 11 is 0. The van der Waals surface area contributed by atoms with E-state index >= 15 is 0 Å². The van der Waals surface area contributed by atoms with Gasteiger partial charge >= 0.3 is 0 Å². The van der Waals surface area contributed by atoms with E-state index in [4.69, 9.17) is 10.5 Å². The summed E-state index contributed by atoms with van der Waals surface area (Å²) in [5.74, 6) is 6.46. The number of anilines is 1. The van der Waals surface area contributed by atoms with Crippen molar-refractivity contribution in [2.24, 2.45) is 0 Å². The average Bonchev–Trinajstić information content (AvgIpc) is 3.24. The van der Waals surface area contributed by atoms with E-state index in [-0.39, 0.29) is 17.1 Å². The second kappa shape index (κ2) is 7.90. The molecule has 0 saturated carbocycles. The van der Waals surface area contributed by atoms with Gasteiger partial charge in [0.15, 0.2) is 29.0 Å². The van der Waals surface area contributed by atoms with E-state index in [2.05, 4.69) is 47.6 Å². The molecular weight excluding hydrogens is 398 g/mol. The lowest BCUT2D eigenvalue weighted by Gasteiger charge is -2.18. The molecule has 1 aliphatic heterocycles. The Labute approximate surface area is 179 Å². The van der Waals surface area contributed by atoms with Crippen LogP contribution in [0.15, 0.2) is 30.6 Å². The van der Waals surface area contributed by atoms with Gasteiger partial charge < -0.3 is 25.8 Å². The molecule has 3 heterocycles. The Morgan fingerprint density at radius 2 is 1.81 bits per heavy atom. The molecular formula is C22H25N5O4. The fourth-order valence-electron chi connectivity index (χ4n) is 3.53. The van der Waals surface area contributed by atoms with E-state index in [9.17, 15) is 15.3 Å². The number of hydrogen-bond acceptors (Lipinski definition) is 8. The minimum Gasteiger partial charge on any atom is -0.394 e. The number of imidazole rings is 1. The molecule has 0 radical (unpaired) electrons. The van der Waals surface area contributed by atoms with Crippen LogP contribution in [0.25, 0.3) is 11.2 Å². The predicted molar refractivity (Wildman–Crippen MR) is 114 cm³/mol. The third-order valence-corrected chi connectivity index (χ3v) is 5.35. The van der Waals surface area contributed by atoms with Crippen LogP contribution in [0.1, 0.15) is 44.0 Å². The molecule has 5 N–H and O–H groups in total. The van der Waals surface area contributed by atoms with Crippen LogP contribution in [0.3, 0.4) is 0 Å². The van der Waals surface area contributed by atoms with Gasteiger partial charge in [0, 0.05) is 5.56 Å². The van der Waals surface area contributed by atoms with Crippen molar-refractivity contribution < 1.29 is 20.1 Å². The maximum Gasteiger partial charge on any atom is 0.190 e. The van der Waals surface area contributed by atoms with Gasteiger partial charge in [-0.2, -0.15) is 0 Å². The van der Waals surface area contributed by atoms with Crippen LogP contribution in [0.2, 0.25) is 0 Å². The lowest BCUT2D eigenvalue weighted by molar-refractivity contribution is -0.0514. The Kier molecular flexibility index (Phi) is 5.41. The molecule has 1 aromatic carbocycles. The van der Waals surface area contributed by atoms with Crippen LogP contribution < -0.4 is 5.73 Å². The van der Waals surface area contributed by atoms with E-state index < -0.39 is 31.1 Å². The Bertz CT molecular complexity index is 1160. The smallest absolute Gasteiger partial charge is 0.190 e. The number of rotatable bonds is 2. The number of nitrogen functional groups attached to an aromatic ring is 1. The van der Waals surface area contributed by atoms with Gasteiger partial charge in [0.05, 0.1) is 6.61 Å². The van der Waals surface area contributed by atoms with Crippen LogP contribution >= 0.6 is 0 Å². The highest BCUT2D eigenvalue weighted by atomic mass is 16.6. The van der Waals surface area contributed by atoms with Crippen molar-refractivity contribution in [1.82, 2.24) is 19.5 Å². The van der Waals surface area contributed by atoms with Crippen molar-refractivity contribution in [2.75, 3.05) is 12.3 Å². The quantitative estimate of drug-likeness (QED) is 0.442. The summed E-state index contributed by atoms with van der Waals surface area (Å²) in [7, 11) is 0. The van der Waals surface area contributed by atoms with Crippen molar-refractivity contribution in [1.29, 1.82) is 0 Å². The van der Waals surface area contributed by atoms with E-state index in [1.807, 2.05) is 24.3 Å². The van der Waals surface area contributed by atoms with Crippen LogP contribution in [-0.4, -0.2) is 59.8 Å². The molecule has 4 rings (SSSR count). The maximum atomic E-state index is 10.5. The third kappa shape index (κ3) is 3.86. The van der Waals surface area contributed by atoms with Gasteiger partial charge in [-0.1, -0.05) is 38.8 Å². The van der Waals surface area contributed by atoms with Crippen molar-refractivity contribution in [3.63, 3.8) is 0 Å². The molecule has 0 bridgehead atoms. The highest BCUT2D eigenvalue weighted by molar-refractivity contribution is 5.82. The minimum absolute atomic E-state index is 0.0379. The summed E-state index contributed by atoms with van der Waals surface area (Å²) in [6.07, 6.45) is -3.28. The Morgan fingerprint density at radius 3 is 2.42 bits per heavy atom. The number of benzene rings is 1. The van der Waals surface area contributed by atoms with E-state index in [0.717, 1.165) is 5.56 Å². The lowest BCUT2D eigenvalue weighted by Crippen LogP contribution is -2.33. The first-order valence-corrected chi connectivity index (χ1v) is 9.94. The molecule has 0 amide bonds. The van der Waals surface area contributed by atoms with E-state index in [1.165, 1.54) is 16.5 Å². The summed E-state index contributed by atoms with van der Waals surface area (Å²) in [4.78, 5) is 12.6. The summed E-state index contributed by atoms with van der Waals surface area (Å²) in [6.45, 7) is 5.98. The second-order valence-corrected chi connectivity index (χ2v) is 8.54. The van der Waals surface area contributed by atoms with Crippen molar-refractivity contribution >= 4 is 17.0 Å². The molecule has 1 fully saturated rings. The molecule has 0 spiro atoms. The molecule has 1 saturated heterocycles. The number of ether oxygens (including phenoxy) is 1. The third-order valence-electron chi connectivity index (χ3n) is 5.35. The van der Waals surface area contributed by atoms with Crippen LogP contribution in [0.5, 0.6) is 0 Å². The highest BCUT2D eigenvalue weighted by Crippen LogP contribution is 2.33. The monoisotopic (exact) mass is 423 g/mol. The standard InChI is InChI=1S/C22H25N5O4/c1-22(2,3)13-7-4-12(5-8-13)6-9-15-26-16-19(23)24-11-25-20(16)27(15)21-18(30)17(29)14(10-28)31-21/h4-5,7-8,11,14,17-18,21,28-30H,10H2,1-3H3,(H2,23,24,25)/t14-,17?,18?,21-/m1/s1. The number of hydrogen-bond donors (Lipinski definition) is 4. The maximum absolute atomic E-state index is 10.5. The number of aliphatic hydroxyl groups excluding tert-OH is 3. The molecule has 2 unspecified atom stereocenters. The molecule has 2 aromatic heterocycles. The molecule has 162 valence electrons. The van der Waals surface area contributed by atoms with Gasteiger partial charge in [-0.25, -0.2) is 15.0 Å². The summed E-state index contributed by atoms with van der Waals surface area (Å²) in [5, 5.41) is 30.1. The molecule has 31 heavy (non-hydrogen) atoms. The van der Waals surface area contributed by atoms with Gasteiger partial charge in [0.2, 0.25) is 0 Å². The zero-order valence-corrected chi connectivity index (χ0v) is 17.5. The van der Waals surface area contributed by atoms with Gasteiger partial charge in [-0.15, -0.1) is 0 Å². The molecule has 3 aromatic rings. The SMILES string of the molecule is CC(C)(C)c1ccc(C#Cc2nc3c(N)ncnc3n2[C@@H]2O[C@H](CO)C(O)C2O)cc1. The Morgan fingerprint density at radius 1 is 1.10 bits per heavy atom. The molecule has 4 atom stereocenters. The molecule has 1 aliphatic rings. The number of fused-ring (bicyclic) bond motifs is 1. The van der Waals surface area contributed by atoms with Crippen molar-refractivity contribution in [3.8, 4) is 11.8 Å². The number of nitrogens with two attached hydrogens (primary N) is 1. The zero-order valence-electron chi connectivity index (χ0n) is 17.5. The van der Waals surface area contributed by atoms with E-state index in [1.54, 1.807) is 0 Å². The lowest BCUT2D eigenvalue weighted by atomic mass is 9.87. The Hall–Kier alpha value is -3.03. The fourth-order valence-corrected chi connectivity index (χ4v) is 3.53. The topological polar surface area (TPSA) is 140 Å². The van der Waals surface area contributed by atoms with Crippen molar-refractivity contribution in [2.45, 2.75) is 50.7 Å². The van der Waals surface area contributed by atoms with Gasteiger partial charge in [0.1, 0.15) is 24.6 Å². The van der Waals surface area contributed by atoms with Gasteiger partial charge in [0.25, 0.3) is 0 Å². The summed E-state index contributed by atoms with van der Waals surface area (Å²) in [6, 6.07) is 7.92. The first-order valence-electron chi connectivity index (χ1n) is 9.94. The summed E-state index contributed by atoms with van der Waals surface area (Å²) in [5.41, 5.74) is 8.59. The highest BCUT2D eigenvalue weighted by Gasteiger charge is 2.44. The van der Waals surface area contributed by atoms with Crippen LogP contribution in [0.4, 0.5) is 5.82 Å². The summed E-state index contributed by atoms with van der Waals surface area (Å²) < 4.78 is 7.16. The minimum atomic E-state index is -1.31. The van der Waals surface area contributed by atoms with Crippen LogP contribution in [-0.2, 0) is 10.2 Å².